The van der Waals surface area contributed by atoms with E-state index in [9.17, 15) is 9.18 Å². The number of hydrogen-bond donors (Lipinski definition) is 1. The summed E-state index contributed by atoms with van der Waals surface area (Å²) in [5.41, 5.74) is 1.67. The number of carbonyl (C=O) groups excluding carboxylic acids is 1. The number of carbonyl (C=O) groups is 1. The zero-order valence-electron chi connectivity index (χ0n) is 13.1. The van der Waals surface area contributed by atoms with Crippen molar-refractivity contribution in [1.82, 2.24) is 0 Å². The summed E-state index contributed by atoms with van der Waals surface area (Å²) in [5, 5.41) is 2.57. The van der Waals surface area contributed by atoms with E-state index in [1.54, 1.807) is 0 Å². The van der Waals surface area contributed by atoms with E-state index in [4.69, 9.17) is 16.3 Å². The summed E-state index contributed by atoms with van der Waals surface area (Å²) in [7, 11) is 0. The van der Waals surface area contributed by atoms with Gasteiger partial charge in [-0.2, -0.15) is 0 Å². The van der Waals surface area contributed by atoms with E-state index >= 15 is 0 Å². The van der Waals surface area contributed by atoms with Gasteiger partial charge in [-0.3, -0.25) is 4.79 Å². The maximum atomic E-state index is 13.1. The molecule has 3 nitrogen and oxygen atoms in total. The molecule has 0 aliphatic rings. The number of amides is 1. The molecule has 5 heteroatoms. The maximum absolute atomic E-state index is 13.1. The molecular weight excluding hydrogens is 317 g/mol. The molecule has 0 spiro atoms. The number of ether oxygens (including phenoxy) is 1. The smallest absolute Gasteiger partial charge is 0.262 e. The minimum atomic E-state index is -0.526. The summed E-state index contributed by atoms with van der Waals surface area (Å²) in [5.74, 6) is 0.265. The molecule has 122 valence electrons. The van der Waals surface area contributed by atoms with Gasteiger partial charge in [0.15, 0.2) is 6.61 Å². The largest absolute Gasteiger partial charge is 0.484 e. The summed E-state index contributed by atoms with van der Waals surface area (Å²) in [6.07, 6.45) is 1.07. The van der Waals surface area contributed by atoms with Crippen LogP contribution in [0.4, 0.5) is 10.1 Å². The fourth-order valence-corrected chi connectivity index (χ4v) is 2.23. The molecule has 2 rings (SSSR count). The Morgan fingerprint density at radius 3 is 2.57 bits per heavy atom. The van der Waals surface area contributed by atoms with Crippen LogP contribution < -0.4 is 10.1 Å². The third-order valence-corrected chi connectivity index (χ3v) is 3.92. The summed E-state index contributed by atoms with van der Waals surface area (Å²) in [4.78, 5) is 11.8. The average Bonchev–Trinajstić information content (AvgIpc) is 2.56. The second-order valence-electron chi connectivity index (χ2n) is 5.34. The topological polar surface area (TPSA) is 38.3 Å². The number of halogens is 2. The van der Waals surface area contributed by atoms with Crippen molar-refractivity contribution in [3.63, 3.8) is 0 Å². The Balaban J connectivity index is 1.87. The van der Waals surface area contributed by atoms with E-state index in [-0.39, 0.29) is 17.5 Å². The molecular formula is C18H19ClFNO2. The lowest BCUT2D eigenvalue weighted by molar-refractivity contribution is -0.118. The normalized spacial score (nSPS) is 11.8. The molecule has 0 fully saturated rings. The van der Waals surface area contributed by atoms with Crippen LogP contribution in [0.5, 0.6) is 5.75 Å². The van der Waals surface area contributed by atoms with Gasteiger partial charge in [-0.1, -0.05) is 37.6 Å². The molecule has 0 heterocycles. The fraction of sp³-hybridized carbons (Fsp3) is 0.278. The summed E-state index contributed by atoms with van der Waals surface area (Å²) in [6.45, 7) is 4.18. The Morgan fingerprint density at radius 2 is 1.96 bits per heavy atom. The SMILES string of the molecule is CCC(C)c1ccc(OCC(=O)Nc2ccc(F)c(Cl)c2)cc1. The highest BCUT2D eigenvalue weighted by molar-refractivity contribution is 6.31. The maximum Gasteiger partial charge on any atom is 0.262 e. The standard InChI is InChI=1S/C18H19ClFNO2/c1-3-12(2)13-4-7-15(8-5-13)23-11-18(22)21-14-6-9-17(20)16(19)10-14/h4-10,12H,3,11H2,1-2H3,(H,21,22). The van der Waals surface area contributed by atoms with Gasteiger partial charge in [0.2, 0.25) is 0 Å². The quantitative estimate of drug-likeness (QED) is 0.805. The Morgan fingerprint density at radius 1 is 1.26 bits per heavy atom. The summed E-state index contributed by atoms with van der Waals surface area (Å²) >= 11 is 5.66. The lowest BCUT2D eigenvalue weighted by atomic mass is 9.99. The van der Waals surface area contributed by atoms with Crippen molar-refractivity contribution < 1.29 is 13.9 Å². The van der Waals surface area contributed by atoms with Crippen molar-refractivity contribution in [1.29, 1.82) is 0 Å². The first kappa shape index (κ1) is 17.3. The van der Waals surface area contributed by atoms with Crippen LogP contribution in [0.25, 0.3) is 0 Å². The van der Waals surface area contributed by atoms with Crippen molar-refractivity contribution in [3.8, 4) is 5.75 Å². The first-order chi connectivity index (χ1) is 11.0. The Kier molecular flexibility index (Phi) is 5.99. The van der Waals surface area contributed by atoms with Crippen LogP contribution in [0.1, 0.15) is 31.7 Å². The lowest BCUT2D eigenvalue weighted by Gasteiger charge is -2.11. The Hall–Kier alpha value is -2.07. The molecule has 1 atom stereocenters. The van der Waals surface area contributed by atoms with Crippen molar-refractivity contribution in [2.75, 3.05) is 11.9 Å². The molecule has 0 aliphatic heterocycles. The zero-order valence-corrected chi connectivity index (χ0v) is 13.9. The third-order valence-electron chi connectivity index (χ3n) is 3.63. The van der Waals surface area contributed by atoms with E-state index < -0.39 is 5.82 Å². The third kappa shape index (κ3) is 4.96. The Labute approximate surface area is 140 Å². The molecule has 1 unspecified atom stereocenters. The van der Waals surface area contributed by atoms with Crippen molar-refractivity contribution in [2.24, 2.45) is 0 Å². The highest BCUT2D eigenvalue weighted by Gasteiger charge is 2.07. The van der Waals surface area contributed by atoms with Crippen molar-refractivity contribution >= 4 is 23.2 Å². The van der Waals surface area contributed by atoms with Crippen LogP contribution in [0.2, 0.25) is 5.02 Å². The lowest BCUT2D eigenvalue weighted by Crippen LogP contribution is -2.20. The fourth-order valence-electron chi connectivity index (χ4n) is 2.05. The molecule has 1 amide bonds. The van der Waals surface area contributed by atoms with Gasteiger partial charge < -0.3 is 10.1 Å². The van der Waals surface area contributed by atoms with Crippen molar-refractivity contribution in [2.45, 2.75) is 26.2 Å². The highest BCUT2D eigenvalue weighted by atomic mass is 35.5. The zero-order chi connectivity index (χ0) is 16.8. The summed E-state index contributed by atoms with van der Waals surface area (Å²) in [6, 6.07) is 11.7. The number of benzene rings is 2. The summed E-state index contributed by atoms with van der Waals surface area (Å²) < 4.78 is 18.5. The Bertz CT molecular complexity index is 673. The predicted molar refractivity (Wildman–Crippen MR) is 90.7 cm³/mol. The number of rotatable bonds is 6. The molecule has 0 aromatic heterocycles. The van der Waals surface area contributed by atoms with Crippen LogP contribution in [-0.2, 0) is 4.79 Å². The van der Waals surface area contributed by atoms with E-state index in [2.05, 4.69) is 19.2 Å². The second kappa shape index (κ2) is 7.97. The molecule has 0 bridgehead atoms. The predicted octanol–water partition coefficient (Wildman–Crippen LogP) is 5.01. The van der Waals surface area contributed by atoms with Gasteiger partial charge in [0.25, 0.3) is 5.91 Å². The van der Waals surface area contributed by atoms with Crippen LogP contribution in [0.15, 0.2) is 42.5 Å². The van der Waals surface area contributed by atoms with E-state index in [0.717, 1.165) is 6.42 Å². The van der Waals surface area contributed by atoms with Gasteiger partial charge in [0.1, 0.15) is 11.6 Å². The molecule has 0 saturated heterocycles. The molecule has 0 radical (unpaired) electrons. The van der Waals surface area contributed by atoms with Crippen LogP contribution in [0.3, 0.4) is 0 Å². The highest BCUT2D eigenvalue weighted by Crippen LogP contribution is 2.22. The second-order valence-corrected chi connectivity index (χ2v) is 5.75. The van der Waals surface area contributed by atoms with Gasteiger partial charge in [-0.25, -0.2) is 4.39 Å². The number of nitrogens with one attached hydrogen (secondary N) is 1. The molecule has 23 heavy (non-hydrogen) atoms. The monoisotopic (exact) mass is 335 g/mol. The minimum Gasteiger partial charge on any atom is -0.484 e. The minimum absolute atomic E-state index is 0.0376. The average molecular weight is 336 g/mol. The van der Waals surface area contributed by atoms with Crippen LogP contribution >= 0.6 is 11.6 Å². The van der Waals surface area contributed by atoms with E-state index in [1.165, 1.54) is 23.8 Å². The van der Waals surface area contributed by atoms with E-state index in [0.29, 0.717) is 17.4 Å². The van der Waals surface area contributed by atoms with Gasteiger partial charge in [-0.05, 0) is 48.2 Å². The molecule has 0 saturated carbocycles. The van der Waals surface area contributed by atoms with Gasteiger partial charge >= 0.3 is 0 Å². The van der Waals surface area contributed by atoms with Crippen LogP contribution in [0, 0.1) is 5.82 Å². The van der Waals surface area contributed by atoms with Gasteiger partial charge in [0.05, 0.1) is 5.02 Å². The molecule has 2 aromatic rings. The number of anilines is 1. The molecule has 0 aliphatic carbocycles. The molecule has 1 N–H and O–H groups in total. The van der Waals surface area contributed by atoms with Gasteiger partial charge in [-0.15, -0.1) is 0 Å². The van der Waals surface area contributed by atoms with Gasteiger partial charge in [0, 0.05) is 5.69 Å². The van der Waals surface area contributed by atoms with E-state index in [1.807, 2.05) is 24.3 Å². The molecule has 2 aromatic carbocycles. The first-order valence-electron chi connectivity index (χ1n) is 7.47. The number of hydrogen-bond acceptors (Lipinski definition) is 2. The first-order valence-corrected chi connectivity index (χ1v) is 7.85. The van der Waals surface area contributed by atoms with Crippen LogP contribution in [-0.4, -0.2) is 12.5 Å². The van der Waals surface area contributed by atoms with Crippen molar-refractivity contribution in [3.05, 3.63) is 58.9 Å².